The Morgan fingerprint density at radius 2 is 1.74 bits per heavy atom. The number of carboxylic acid groups (broad SMARTS) is 1. The molecule has 1 heterocycles. The average Bonchev–Trinajstić information content (AvgIpc) is 2.77. The molecule has 2 aromatic rings. The molecule has 1 N–H and O–H groups in total. The molecule has 182 valence electrons. The Labute approximate surface area is 196 Å². The van der Waals surface area contributed by atoms with E-state index in [1.54, 1.807) is 45.0 Å². The molecule has 0 saturated carbocycles. The van der Waals surface area contributed by atoms with Crippen molar-refractivity contribution < 1.29 is 32.8 Å². The topological polar surface area (TPSA) is 147 Å². The maximum absolute atomic E-state index is 13.6. The number of sulfonamides is 1. The van der Waals surface area contributed by atoms with Gasteiger partial charge in [-0.2, -0.15) is 4.31 Å². The van der Waals surface area contributed by atoms with Gasteiger partial charge in [-0.1, -0.05) is 24.3 Å². The highest BCUT2D eigenvalue weighted by molar-refractivity contribution is 7.89. The van der Waals surface area contributed by atoms with Crippen LogP contribution in [0.1, 0.15) is 32.4 Å². The van der Waals surface area contributed by atoms with Gasteiger partial charge in [-0.3, -0.25) is 19.7 Å². The first-order valence-electron chi connectivity index (χ1n) is 10.2. The molecule has 0 radical (unpaired) electrons. The number of aliphatic carboxylic acids is 1. The number of hydrogen-bond donors (Lipinski definition) is 1. The van der Waals surface area contributed by atoms with E-state index in [1.165, 1.54) is 24.1 Å². The van der Waals surface area contributed by atoms with Crippen LogP contribution in [0.4, 0.5) is 5.69 Å². The summed E-state index contributed by atoms with van der Waals surface area (Å²) < 4.78 is 32.8. The number of benzene rings is 2. The zero-order chi connectivity index (χ0) is 25.4. The molecule has 34 heavy (non-hydrogen) atoms. The van der Waals surface area contributed by atoms with Crippen LogP contribution in [0.3, 0.4) is 0 Å². The van der Waals surface area contributed by atoms with Crippen molar-refractivity contribution in [3.8, 4) is 5.75 Å². The van der Waals surface area contributed by atoms with Crippen molar-refractivity contribution in [3.05, 3.63) is 64.2 Å². The number of nitro groups is 1. The van der Waals surface area contributed by atoms with Crippen molar-refractivity contribution in [3.63, 3.8) is 0 Å². The van der Waals surface area contributed by atoms with E-state index in [4.69, 9.17) is 4.74 Å². The summed E-state index contributed by atoms with van der Waals surface area (Å²) in [5.41, 5.74) is -1.19. The van der Waals surface area contributed by atoms with Crippen molar-refractivity contribution in [1.29, 1.82) is 0 Å². The molecule has 1 fully saturated rings. The number of ether oxygens (including phenoxy) is 1. The summed E-state index contributed by atoms with van der Waals surface area (Å²) in [6.45, 7) is 4.36. The zero-order valence-corrected chi connectivity index (χ0v) is 19.9. The van der Waals surface area contributed by atoms with E-state index in [2.05, 4.69) is 0 Å². The first-order chi connectivity index (χ1) is 15.8. The van der Waals surface area contributed by atoms with E-state index in [0.29, 0.717) is 15.6 Å². The quantitative estimate of drug-likeness (QED) is 0.479. The minimum Gasteiger partial charge on any atom is -0.497 e. The Kier molecular flexibility index (Phi) is 6.67. The highest BCUT2D eigenvalue weighted by Crippen LogP contribution is 2.40. The third-order valence-electron chi connectivity index (χ3n) is 5.53. The number of carboxylic acids is 1. The van der Waals surface area contributed by atoms with Crippen LogP contribution in [0.2, 0.25) is 0 Å². The molecule has 11 nitrogen and oxygen atoms in total. The van der Waals surface area contributed by atoms with Gasteiger partial charge in [-0.15, -0.1) is 0 Å². The Balaban J connectivity index is 2.25. The first kappa shape index (κ1) is 25.1. The van der Waals surface area contributed by atoms with E-state index in [-0.39, 0.29) is 0 Å². The van der Waals surface area contributed by atoms with Gasteiger partial charge in [0.15, 0.2) is 4.90 Å². The van der Waals surface area contributed by atoms with Gasteiger partial charge in [0.1, 0.15) is 11.8 Å². The van der Waals surface area contributed by atoms with Gasteiger partial charge in [-0.05, 0) is 44.5 Å². The van der Waals surface area contributed by atoms with Crippen LogP contribution in [0, 0.1) is 10.1 Å². The molecule has 12 heteroatoms. The second kappa shape index (κ2) is 9.03. The number of rotatable bonds is 6. The molecule has 1 aliphatic rings. The fraction of sp³-hybridized carbons (Fsp3) is 0.364. The number of carbonyl (C=O) groups is 2. The van der Waals surface area contributed by atoms with Gasteiger partial charge < -0.3 is 14.7 Å². The van der Waals surface area contributed by atoms with Crippen molar-refractivity contribution in [2.45, 2.75) is 43.3 Å². The Bertz CT molecular complexity index is 1220. The number of carbonyl (C=O) groups excluding carboxylic acids is 1. The molecular formula is C22H25N3O8S. The highest BCUT2D eigenvalue weighted by atomic mass is 32.2. The van der Waals surface area contributed by atoms with Gasteiger partial charge in [0.2, 0.25) is 5.91 Å². The summed E-state index contributed by atoms with van der Waals surface area (Å²) in [5.74, 6) is -1.64. The summed E-state index contributed by atoms with van der Waals surface area (Å²) in [7, 11) is -3.29. The maximum atomic E-state index is 13.6. The highest BCUT2D eigenvalue weighted by Gasteiger charge is 2.53. The average molecular weight is 492 g/mol. The van der Waals surface area contributed by atoms with Crippen LogP contribution >= 0.6 is 0 Å². The molecule has 1 amide bonds. The van der Waals surface area contributed by atoms with Crippen LogP contribution in [0.25, 0.3) is 0 Å². The minimum atomic E-state index is -4.75. The first-order valence-corrected chi connectivity index (χ1v) is 11.7. The van der Waals surface area contributed by atoms with Gasteiger partial charge in [-0.25, -0.2) is 8.42 Å². The Morgan fingerprint density at radius 1 is 1.15 bits per heavy atom. The molecule has 1 saturated heterocycles. The van der Waals surface area contributed by atoms with Gasteiger partial charge in [0, 0.05) is 11.6 Å². The van der Waals surface area contributed by atoms with Crippen LogP contribution in [-0.2, 0) is 19.6 Å². The van der Waals surface area contributed by atoms with Gasteiger partial charge >= 0.3 is 5.97 Å². The molecule has 0 spiro atoms. The molecule has 0 aliphatic carbocycles. The fourth-order valence-corrected chi connectivity index (χ4v) is 5.83. The fourth-order valence-electron chi connectivity index (χ4n) is 4.13. The molecular weight excluding hydrogens is 466 g/mol. The minimum absolute atomic E-state index is 0.374. The summed E-state index contributed by atoms with van der Waals surface area (Å²) in [4.78, 5) is 37.1. The second-order valence-corrected chi connectivity index (χ2v) is 10.6. The molecule has 3 rings (SSSR count). The Hall–Kier alpha value is -3.51. The lowest BCUT2D eigenvalue weighted by Crippen LogP contribution is -2.65. The monoisotopic (exact) mass is 491 g/mol. The second-order valence-electron chi connectivity index (χ2n) is 8.71. The van der Waals surface area contributed by atoms with Crippen LogP contribution in [-0.4, -0.2) is 64.8 Å². The van der Waals surface area contributed by atoms with Crippen molar-refractivity contribution in [2.24, 2.45) is 0 Å². The predicted octanol–water partition coefficient (Wildman–Crippen LogP) is 2.43. The molecule has 2 aromatic carbocycles. The number of nitro benzene ring substituents is 1. The molecule has 0 aromatic heterocycles. The number of piperazine rings is 1. The molecule has 2 atom stereocenters. The molecule has 1 aliphatic heterocycles. The van der Waals surface area contributed by atoms with Crippen LogP contribution in [0.15, 0.2) is 53.4 Å². The van der Waals surface area contributed by atoms with E-state index in [0.717, 1.165) is 12.1 Å². The third kappa shape index (κ3) is 4.46. The van der Waals surface area contributed by atoms with Crippen molar-refractivity contribution in [2.75, 3.05) is 13.7 Å². The molecule has 0 bridgehead atoms. The predicted molar refractivity (Wildman–Crippen MR) is 121 cm³/mol. The largest absolute Gasteiger partial charge is 0.497 e. The SMILES string of the molecule is COc1ccc(C2C(C(=O)O)N(S(=O)(=O)c3ccccc3[N+](=O)[O-])CC(=O)N2C(C)(C)C)cc1. The van der Waals surface area contributed by atoms with Crippen LogP contribution < -0.4 is 4.74 Å². The van der Waals surface area contributed by atoms with Gasteiger partial charge in [0.05, 0.1) is 24.6 Å². The summed E-state index contributed by atoms with van der Waals surface area (Å²) in [5, 5.41) is 21.7. The zero-order valence-electron chi connectivity index (χ0n) is 19.0. The number of hydrogen-bond acceptors (Lipinski definition) is 7. The smallest absolute Gasteiger partial charge is 0.324 e. The van der Waals surface area contributed by atoms with E-state index in [1.807, 2.05) is 0 Å². The normalized spacial score (nSPS) is 19.6. The van der Waals surface area contributed by atoms with E-state index >= 15 is 0 Å². The lowest BCUT2D eigenvalue weighted by molar-refractivity contribution is -0.387. The van der Waals surface area contributed by atoms with Crippen molar-refractivity contribution >= 4 is 27.6 Å². The Morgan fingerprint density at radius 3 is 2.24 bits per heavy atom. The van der Waals surface area contributed by atoms with Gasteiger partial charge in [0.25, 0.3) is 15.7 Å². The summed E-state index contributed by atoms with van der Waals surface area (Å²) in [6, 6.07) is 7.96. The standard InChI is InChI=1S/C22H25N3O8S/c1-22(2,3)24-18(26)13-23(34(31,32)17-8-6-5-7-16(17)25(29)30)20(21(27)28)19(24)14-9-11-15(33-4)12-10-14/h5-12,19-20H,13H2,1-4H3,(H,27,28). The van der Waals surface area contributed by atoms with E-state index in [9.17, 15) is 33.2 Å². The third-order valence-corrected chi connectivity index (χ3v) is 7.40. The number of para-hydroxylation sites is 1. The number of amides is 1. The van der Waals surface area contributed by atoms with E-state index < -0.39 is 61.6 Å². The lowest BCUT2D eigenvalue weighted by atomic mass is 9.90. The maximum Gasteiger partial charge on any atom is 0.324 e. The number of methoxy groups -OCH3 is 1. The number of nitrogens with zero attached hydrogens (tertiary/aromatic N) is 3. The lowest BCUT2D eigenvalue weighted by Gasteiger charge is -2.50. The van der Waals surface area contributed by atoms with Crippen LogP contribution in [0.5, 0.6) is 5.75 Å². The summed E-state index contributed by atoms with van der Waals surface area (Å²) >= 11 is 0. The van der Waals surface area contributed by atoms with Crippen molar-refractivity contribution in [1.82, 2.24) is 9.21 Å². The molecule has 2 unspecified atom stereocenters. The summed E-state index contributed by atoms with van der Waals surface area (Å²) in [6.07, 6.45) is 0.